The van der Waals surface area contributed by atoms with Crippen LogP contribution in [0.4, 0.5) is 0 Å². The molecule has 0 unspecified atom stereocenters. The van der Waals surface area contributed by atoms with Crippen LogP contribution in [0.15, 0.2) is 17.6 Å². The number of carbonyl (C=O) groups is 1. The molecule has 17 heavy (non-hydrogen) atoms. The Kier molecular flexibility index (Phi) is 4.24. The number of nitrogens with zero attached hydrogens (tertiary/aromatic N) is 1. The first kappa shape index (κ1) is 13.7. The van der Waals surface area contributed by atoms with Gasteiger partial charge in [0.15, 0.2) is 5.03 Å². The molecule has 0 aliphatic carbocycles. The summed E-state index contributed by atoms with van der Waals surface area (Å²) in [4.78, 5) is 17.0. The summed E-state index contributed by atoms with van der Waals surface area (Å²) in [5.41, 5.74) is 0. The van der Waals surface area contributed by atoms with Crippen LogP contribution in [0.3, 0.4) is 0 Å². The molecule has 0 bridgehead atoms. The molecule has 1 aromatic heterocycles. The lowest BCUT2D eigenvalue weighted by molar-refractivity contribution is -0.140. The summed E-state index contributed by atoms with van der Waals surface area (Å²) < 4.78 is 25.7. The van der Waals surface area contributed by atoms with E-state index in [0.717, 1.165) is 6.20 Å². The van der Waals surface area contributed by atoms with Crippen LogP contribution in [0.1, 0.15) is 20.3 Å². The van der Waals surface area contributed by atoms with E-state index in [1.807, 2.05) is 0 Å². The van der Waals surface area contributed by atoms with Crippen LogP contribution in [0.25, 0.3) is 0 Å². The highest BCUT2D eigenvalue weighted by Gasteiger charge is 2.29. The number of rotatable bonds is 6. The molecule has 1 heterocycles. The predicted molar refractivity (Wildman–Crippen MR) is 59.8 cm³/mol. The van der Waals surface area contributed by atoms with Crippen molar-refractivity contribution in [1.82, 2.24) is 14.7 Å². The van der Waals surface area contributed by atoms with Crippen LogP contribution < -0.4 is 4.72 Å². The molecule has 8 heteroatoms. The van der Waals surface area contributed by atoms with Gasteiger partial charge in [0.25, 0.3) is 10.0 Å². The van der Waals surface area contributed by atoms with E-state index in [1.165, 1.54) is 6.33 Å². The van der Waals surface area contributed by atoms with Crippen molar-refractivity contribution in [2.75, 3.05) is 0 Å². The van der Waals surface area contributed by atoms with Crippen molar-refractivity contribution < 1.29 is 18.3 Å². The number of H-pyrrole nitrogens is 1. The van der Waals surface area contributed by atoms with Gasteiger partial charge in [-0.1, -0.05) is 20.3 Å². The third-order valence-electron chi connectivity index (χ3n) is 2.52. The van der Waals surface area contributed by atoms with E-state index >= 15 is 0 Å². The number of hydrogen-bond donors (Lipinski definition) is 3. The predicted octanol–water partition coefficient (Wildman–Crippen LogP) is 0.187. The Morgan fingerprint density at radius 1 is 1.65 bits per heavy atom. The molecule has 0 saturated carbocycles. The Morgan fingerprint density at radius 3 is 2.71 bits per heavy atom. The molecule has 0 aromatic carbocycles. The molecule has 0 aliphatic heterocycles. The van der Waals surface area contributed by atoms with Gasteiger partial charge in [0.1, 0.15) is 6.04 Å². The Hall–Kier alpha value is -1.41. The summed E-state index contributed by atoms with van der Waals surface area (Å²) in [6.45, 7) is 3.47. The molecule has 0 fully saturated rings. The zero-order valence-electron chi connectivity index (χ0n) is 9.54. The number of nitrogens with one attached hydrogen (secondary N) is 2. The molecule has 1 rings (SSSR count). The van der Waals surface area contributed by atoms with Crippen LogP contribution >= 0.6 is 0 Å². The first-order valence-corrected chi connectivity index (χ1v) is 6.60. The molecule has 2 atom stereocenters. The molecule has 3 N–H and O–H groups in total. The van der Waals surface area contributed by atoms with Gasteiger partial charge in [0.05, 0.1) is 12.5 Å². The molecule has 1 aromatic rings. The minimum absolute atomic E-state index is 0.146. The summed E-state index contributed by atoms with van der Waals surface area (Å²) in [5.74, 6) is -1.49. The van der Waals surface area contributed by atoms with Crippen LogP contribution in [-0.2, 0) is 14.8 Å². The van der Waals surface area contributed by atoms with Crippen LogP contribution in [0.2, 0.25) is 0 Å². The molecule has 96 valence electrons. The van der Waals surface area contributed by atoms with E-state index in [1.54, 1.807) is 13.8 Å². The second kappa shape index (κ2) is 5.28. The highest BCUT2D eigenvalue weighted by Crippen LogP contribution is 2.12. The zero-order chi connectivity index (χ0) is 13.1. The number of carboxylic acid groups (broad SMARTS) is 1. The number of imidazole rings is 1. The van der Waals surface area contributed by atoms with Gasteiger partial charge >= 0.3 is 5.97 Å². The molecule has 0 radical (unpaired) electrons. The summed E-state index contributed by atoms with van der Waals surface area (Å²) in [7, 11) is -3.87. The van der Waals surface area contributed by atoms with Gasteiger partial charge in [0, 0.05) is 0 Å². The fourth-order valence-corrected chi connectivity index (χ4v) is 2.47. The minimum Gasteiger partial charge on any atom is -0.480 e. The smallest absolute Gasteiger partial charge is 0.322 e. The van der Waals surface area contributed by atoms with Gasteiger partial charge < -0.3 is 10.1 Å². The van der Waals surface area contributed by atoms with Crippen molar-refractivity contribution >= 4 is 16.0 Å². The van der Waals surface area contributed by atoms with Gasteiger partial charge in [-0.15, -0.1) is 0 Å². The largest absolute Gasteiger partial charge is 0.480 e. The number of carboxylic acids is 1. The maximum Gasteiger partial charge on any atom is 0.322 e. The number of aromatic nitrogens is 2. The third kappa shape index (κ3) is 3.27. The maximum absolute atomic E-state index is 11.8. The van der Waals surface area contributed by atoms with E-state index < -0.39 is 22.0 Å². The summed E-state index contributed by atoms with van der Waals surface area (Å²) in [6.07, 6.45) is 2.90. The van der Waals surface area contributed by atoms with Gasteiger partial charge in [-0.05, 0) is 5.92 Å². The van der Waals surface area contributed by atoms with Crippen molar-refractivity contribution in [3.05, 3.63) is 12.5 Å². The summed E-state index contributed by atoms with van der Waals surface area (Å²) in [5, 5.41) is 8.84. The second-order valence-electron chi connectivity index (χ2n) is 3.74. The van der Waals surface area contributed by atoms with Gasteiger partial charge in [-0.2, -0.15) is 4.72 Å². The average Bonchev–Trinajstić information content (AvgIpc) is 2.78. The Balaban J connectivity index is 2.92. The SMILES string of the molecule is CC[C@H](C)[C@H](NS(=O)(=O)c1cnc[nH]1)C(=O)O. The number of sulfonamides is 1. The lowest BCUT2D eigenvalue weighted by atomic mass is 10.0. The molecule has 0 saturated heterocycles. The molecule has 0 amide bonds. The Labute approximate surface area is 99.3 Å². The van der Waals surface area contributed by atoms with Crippen molar-refractivity contribution in [1.29, 1.82) is 0 Å². The third-order valence-corrected chi connectivity index (χ3v) is 3.89. The van der Waals surface area contributed by atoms with Gasteiger partial charge in [0.2, 0.25) is 0 Å². The summed E-state index contributed by atoms with van der Waals surface area (Å²) >= 11 is 0. The normalized spacial score (nSPS) is 15.4. The van der Waals surface area contributed by atoms with Crippen molar-refractivity contribution in [3.63, 3.8) is 0 Å². The van der Waals surface area contributed by atoms with E-state index in [0.29, 0.717) is 6.42 Å². The Bertz CT molecular complexity index is 468. The fourth-order valence-electron chi connectivity index (χ4n) is 1.27. The second-order valence-corrected chi connectivity index (χ2v) is 5.42. The van der Waals surface area contributed by atoms with E-state index in [9.17, 15) is 13.2 Å². The van der Waals surface area contributed by atoms with Crippen molar-refractivity contribution in [2.45, 2.75) is 31.3 Å². The van der Waals surface area contributed by atoms with Crippen LogP contribution in [-0.4, -0.2) is 35.5 Å². The first-order chi connectivity index (χ1) is 7.88. The highest BCUT2D eigenvalue weighted by molar-refractivity contribution is 7.89. The number of aliphatic carboxylic acids is 1. The van der Waals surface area contributed by atoms with Crippen LogP contribution in [0.5, 0.6) is 0 Å². The summed E-state index contributed by atoms with van der Waals surface area (Å²) in [6, 6.07) is -1.15. The molecular formula is C9H15N3O4S. The lowest BCUT2D eigenvalue weighted by Gasteiger charge is -2.19. The van der Waals surface area contributed by atoms with Gasteiger partial charge in [-0.25, -0.2) is 13.4 Å². The standard InChI is InChI=1S/C9H15N3O4S/c1-3-6(2)8(9(13)14)12-17(15,16)7-4-10-5-11-7/h4-6,8,12H,3H2,1-2H3,(H,10,11)(H,13,14)/t6-,8-/m0/s1. The van der Waals surface area contributed by atoms with E-state index in [2.05, 4.69) is 14.7 Å². The first-order valence-electron chi connectivity index (χ1n) is 5.12. The number of aromatic amines is 1. The van der Waals surface area contributed by atoms with Gasteiger partial charge in [-0.3, -0.25) is 4.79 Å². The number of hydrogen-bond acceptors (Lipinski definition) is 4. The quantitative estimate of drug-likeness (QED) is 0.676. The van der Waals surface area contributed by atoms with Crippen LogP contribution in [0, 0.1) is 5.92 Å². The topological polar surface area (TPSA) is 112 Å². The Morgan fingerprint density at radius 2 is 2.29 bits per heavy atom. The van der Waals surface area contributed by atoms with E-state index in [-0.39, 0.29) is 10.9 Å². The minimum atomic E-state index is -3.87. The molecule has 0 aliphatic rings. The van der Waals surface area contributed by atoms with Crippen molar-refractivity contribution in [2.24, 2.45) is 5.92 Å². The molecule has 7 nitrogen and oxygen atoms in total. The molecule has 0 spiro atoms. The highest BCUT2D eigenvalue weighted by atomic mass is 32.2. The average molecular weight is 261 g/mol. The maximum atomic E-state index is 11.8. The zero-order valence-corrected chi connectivity index (χ0v) is 10.4. The van der Waals surface area contributed by atoms with Crippen molar-refractivity contribution in [3.8, 4) is 0 Å². The van der Waals surface area contributed by atoms with E-state index in [4.69, 9.17) is 5.11 Å². The monoisotopic (exact) mass is 261 g/mol. The molecular weight excluding hydrogens is 246 g/mol. The lowest BCUT2D eigenvalue weighted by Crippen LogP contribution is -2.44. The fraction of sp³-hybridized carbons (Fsp3) is 0.556.